The van der Waals surface area contributed by atoms with Gasteiger partial charge in [0.15, 0.2) is 5.96 Å². The molecule has 1 aromatic carbocycles. The van der Waals surface area contributed by atoms with E-state index in [9.17, 15) is 9.18 Å². The van der Waals surface area contributed by atoms with E-state index in [-0.39, 0.29) is 18.0 Å². The fourth-order valence-corrected chi connectivity index (χ4v) is 2.12. The Labute approximate surface area is 155 Å². The van der Waals surface area contributed by atoms with Crippen molar-refractivity contribution < 1.29 is 13.9 Å². The normalized spacial score (nSPS) is 13.1. The molecular weight excluding hydrogens is 335 g/mol. The lowest BCUT2D eigenvalue weighted by Crippen LogP contribution is -2.42. The van der Waals surface area contributed by atoms with Crippen LogP contribution in [0.25, 0.3) is 0 Å². The molecule has 0 spiro atoms. The summed E-state index contributed by atoms with van der Waals surface area (Å²) in [7, 11) is 3.43. The number of halogens is 1. The van der Waals surface area contributed by atoms with E-state index >= 15 is 0 Å². The van der Waals surface area contributed by atoms with Gasteiger partial charge in [-0.1, -0.05) is 12.1 Å². The maximum absolute atomic E-state index is 12.9. The van der Waals surface area contributed by atoms with Crippen molar-refractivity contribution in [1.29, 1.82) is 0 Å². The summed E-state index contributed by atoms with van der Waals surface area (Å²) < 4.78 is 18.3. The highest BCUT2D eigenvalue weighted by Gasteiger charge is 2.22. The number of rotatable bonds is 6. The summed E-state index contributed by atoms with van der Waals surface area (Å²) in [6.07, 6.45) is 0.413. The van der Waals surface area contributed by atoms with Gasteiger partial charge in [-0.15, -0.1) is 0 Å². The van der Waals surface area contributed by atoms with Gasteiger partial charge >= 0.3 is 6.09 Å². The van der Waals surface area contributed by atoms with Crippen LogP contribution < -0.4 is 10.6 Å². The van der Waals surface area contributed by atoms with E-state index in [0.29, 0.717) is 19.0 Å². The van der Waals surface area contributed by atoms with Crippen molar-refractivity contribution >= 4 is 12.1 Å². The van der Waals surface area contributed by atoms with Gasteiger partial charge in [-0.2, -0.15) is 0 Å². The third kappa shape index (κ3) is 8.18. The van der Waals surface area contributed by atoms with Crippen molar-refractivity contribution in [1.82, 2.24) is 15.5 Å². The molecular formula is C19H31FN4O2. The molecule has 2 N–H and O–H groups in total. The molecule has 26 heavy (non-hydrogen) atoms. The van der Waals surface area contributed by atoms with Crippen molar-refractivity contribution in [2.24, 2.45) is 4.99 Å². The SMILES string of the molecule is CN=C(NCCC(C)N(C)C(=O)OC(C)(C)C)NCc1ccc(F)cc1. The fourth-order valence-electron chi connectivity index (χ4n) is 2.12. The molecule has 0 aromatic heterocycles. The largest absolute Gasteiger partial charge is 0.444 e. The average molecular weight is 366 g/mol. The number of ether oxygens (including phenoxy) is 1. The zero-order valence-electron chi connectivity index (χ0n) is 16.6. The topological polar surface area (TPSA) is 66.0 Å². The van der Waals surface area contributed by atoms with Gasteiger partial charge in [0.1, 0.15) is 11.4 Å². The number of benzene rings is 1. The summed E-state index contributed by atoms with van der Waals surface area (Å²) in [6.45, 7) is 8.72. The molecule has 1 unspecified atom stereocenters. The number of nitrogens with zero attached hydrogens (tertiary/aromatic N) is 2. The van der Waals surface area contributed by atoms with Gasteiger partial charge in [0.25, 0.3) is 0 Å². The molecule has 1 amide bonds. The number of carbonyl (C=O) groups is 1. The molecule has 1 aromatic rings. The minimum absolute atomic E-state index is 0.0209. The van der Waals surface area contributed by atoms with Crippen LogP contribution in [0.4, 0.5) is 9.18 Å². The summed E-state index contributed by atoms with van der Waals surface area (Å²) in [4.78, 5) is 17.8. The van der Waals surface area contributed by atoms with Gasteiger partial charge in [0, 0.05) is 33.2 Å². The van der Waals surface area contributed by atoms with Crippen LogP contribution in [0.5, 0.6) is 0 Å². The highest BCUT2D eigenvalue weighted by molar-refractivity contribution is 5.79. The van der Waals surface area contributed by atoms with Gasteiger partial charge in [0.2, 0.25) is 0 Å². The lowest BCUT2D eigenvalue weighted by atomic mass is 10.2. The molecule has 0 aliphatic rings. The van der Waals surface area contributed by atoms with E-state index in [4.69, 9.17) is 4.74 Å². The van der Waals surface area contributed by atoms with E-state index in [1.165, 1.54) is 12.1 Å². The van der Waals surface area contributed by atoms with E-state index < -0.39 is 5.60 Å². The van der Waals surface area contributed by atoms with Crippen molar-refractivity contribution in [3.63, 3.8) is 0 Å². The minimum atomic E-state index is -0.504. The molecule has 0 aliphatic heterocycles. The van der Waals surface area contributed by atoms with Crippen LogP contribution in [0, 0.1) is 5.82 Å². The first-order valence-electron chi connectivity index (χ1n) is 8.77. The number of aliphatic imine (C=N–C) groups is 1. The average Bonchev–Trinajstić information content (AvgIpc) is 2.56. The second-order valence-corrected chi connectivity index (χ2v) is 7.21. The summed E-state index contributed by atoms with van der Waals surface area (Å²) in [5.74, 6) is 0.404. The predicted octanol–water partition coefficient (Wildman–Crippen LogP) is 3.14. The summed E-state index contributed by atoms with van der Waals surface area (Å²) in [6, 6.07) is 6.34. The number of carbonyl (C=O) groups excluding carboxylic acids is 1. The van der Waals surface area contributed by atoms with Crippen molar-refractivity contribution in [3.05, 3.63) is 35.6 Å². The molecule has 146 valence electrons. The molecule has 6 nitrogen and oxygen atoms in total. The van der Waals surface area contributed by atoms with Crippen LogP contribution in [0.1, 0.15) is 39.7 Å². The Balaban J connectivity index is 2.37. The third-order valence-electron chi connectivity index (χ3n) is 3.79. The Morgan fingerprint density at radius 2 is 1.88 bits per heavy atom. The Bertz CT molecular complexity index is 597. The number of hydrogen-bond donors (Lipinski definition) is 2. The van der Waals surface area contributed by atoms with Crippen LogP contribution in [0.3, 0.4) is 0 Å². The highest BCUT2D eigenvalue weighted by atomic mass is 19.1. The summed E-state index contributed by atoms with van der Waals surface area (Å²) >= 11 is 0. The number of hydrogen-bond acceptors (Lipinski definition) is 3. The molecule has 0 fully saturated rings. The molecule has 0 radical (unpaired) electrons. The first kappa shape index (κ1) is 21.7. The zero-order valence-corrected chi connectivity index (χ0v) is 16.6. The first-order valence-corrected chi connectivity index (χ1v) is 8.77. The van der Waals surface area contributed by atoms with Gasteiger partial charge in [-0.05, 0) is 51.8 Å². The van der Waals surface area contributed by atoms with Crippen LogP contribution in [0.15, 0.2) is 29.3 Å². The Hall–Kier alpha value is -2.31. The molecule has 1 atom stereocenters. The number of nitrogens with one attached hydrogen (secondary N) is 2. The maximum Gasteiger partial charge on any atom is 0.410 e. The smallest absolute Gasteiger partial charge is 0.410 e. The van der Waals surface area contributed by atoms with Gasteiger partial charge in [-0.25, -0.2) is 9.18 Å². The van der Waals surface area contributed by atoms with Crippen molar-refractivity contribution in [2.75, 3.05) is 20.6 Å². The third-order valence-corrected chi connectivity index (χ3v) is 3.79. The van der Waals surface area contributed by atoms with Crippen LogP contribution in [0.2, 0.25) is 0 Å². The molecule has 0 saturated carbocycles. The van der Waals surface area contributed by atoms with Crippen LogP contribution in [-0.4, -0.2) is 49.2 Å². The summed E-state index contributed by atoms with van der Waals surface area (Å²) in [5.41, 5.74) is 0.461. The van der Waals surface area contributed by atoms with Gasteiger partial charge in [-0.3, -0.25) is 4.99 Å². The highest BCUT2D eigenvalue weighted by Crippen LogP contribution is 2.11. The quantitative estimate of drug-likeness (QED) is 0.600. The first-order chi connectivity index (χ1) is 12.1. The predicted molar refractivity (Wildman–Crippen MR) is 103 cm³/mol. The van der Waals surface area contributed by atoms with Crippen molar-refractivity contribution in [2.45, 2.75) is 52.3 Å². The molecule has 0 saturated heterocycles. The molecule has 0 bridgehead atoms. The molecule has 0 aliphatic carbocycles. The van der Waals surface area contributed by atoms with Gasteiger partial charge < -0.3 is 20.3 Å². The second-order valence-electron chi connectivity index (χ2n) is 7.21. The second kappa shape index (κ2) is 9.99. The Morgan fingerprint density at radius 3 is 2.42 bits per heavy atom. The zero-order chi connectivity index (χ0) is 19.7. The van der Waals surface area contributed by atoms with Crippen LogP contribution in [-0.2, 0) is 11.3 Å². The van der Waals surface area contributed by atoms with E-state index in [2.05, 4.69) is 15.6 Å². The Kier molecular flexibility index (Phi) is 8.35. The van der Waals surface area contributed by atoms with E-state index in [1.54, 1.807) is 31.1 Å². The minimum Gasteiger partial charge on any atom is -0.444 e. The number of amides is 1. The maximum atomic E-state index is 12.9. The standard InChI is InChI=1S/C19H31FN4O2/c1-14(24(6)18(25)26-19(2,3)4)11-12-22-17(21-5)23-13-15-7-9-16(20)10-8-15/h7-10,14H,11-13H2,1-6H3,(H2,21,22,23). The fraction of sp³-hybridized carbons (Fsp3) is 0.579. The summed E-state index contributed by atoms with van der Waals surface area (Å²) in [5, 5.41) is 6.38. The van der Waals surface area contributed by atoms with E-state index in [1.807, 2.05) is 27.7 Å². The molecule has 0 heterocycles. The van der Waals surface area contributed by atoms with Crippen LogP contribution >= 0.6 is 0 Å². The van der Waals surface area contributed by atoms with Crippen molar-refractivity contribution in [3.8, 4) is 0 Å². The lowest BCUT2D eigenvalue weighted by molar-refractivity contribution is 0.0230. The lowest BCUT2D eigenvalue weighted by Gasteiger charge is -2.28. The Morgan fingerprint density at radius 1 is 1.27 bits per heavy atom. The molecule has 7 heteroatoms. The van der Waals surface area contributed by atoms with Gasteiger partial charge in [0.05, 0.1) is 0 Å². The molecule has 1 rings (SSSR count). The van der Waals surface area contributed by atoms with E-state index in [0.717, 1.165) is 12.0 Å². The number of guanidine groups is 1. The monoisotopic (exact) mass is 366 g/mol.